The molecule has 0 aliphatic carbocycles. The zero-order chi connectivity index (χ0) is 9.23. The minimum atomic E-state index is 0.309. The molecule has 0 aliphatic rings. The summed E-state index contributed by atoms with van der Waals surface area (Å²) in [5, 5.41) is 0. The van der Waals surface area contributed by atoms with Crippen molar-refractivity contribution in [3.63, 3.8) is 0 Å². The standard InChI is InChI=1S/C11H18O/c1-3-5-6-7-8-10-11(12)9-4-2/h3-4H,1-2,5-10H2. The summed E-state index contributed by atoms with van der Waals surface area (Å²) in [4.78, 5) is 11.0. The summed E-state index contributed by atoms with van der Waals surface area (Å²) in [5.74, 6) is 0.309. The lowest BCUT2D eigenvalue weighted by molar-refractivity contribution is -0.118. The molecular formula is C11H18O. The Hall–Kier alpha value is -0.850. The molecule has 0 amide bonds. The summed E-state index contributed by atoms with van der Waals surface area (Å²) in [5.41, 5.74) is 0. The van der Waals surface area contributed by atoms with Gasteiger partial charge in [0.1, 0.15) is 5.78 Å². The summed E-state index contributed by atoms with van der Waals surface area (Å²) in [6.45, 7) is 7.17. The average Bonchev–Trinajstić information content (AvgIpc) is 2.05. The lowest BCUT2D eigenvalue weighted by atomic mass is 10.1. The molecule has 0 radical (unpaired) electrons. The van der Waals surface area contributed by atoms with Crippen LogP contribution in [0.25, 0.3) is 0 Å². The highest BCUT2D eigenvalue weighted by Gasteiger charge is 1.97. The van der Waals surface area contributed by atoms with Crippen molar-refractivity contribution in [3.8, 4) is 0 Å². The molecule has 0 spiro atoms. The molecular weight excluding hydrogens is 148 g/mol. The number of carbonyl (C=O) groups excluding carboxylic acids is 1. The second-order valence-electron chi connectivity index (χ2n) is 2.92. The first-order chi connectivity index (χ1) is 5.81. The average molecular weight is 166 g/mol. The Morgan fingerprint density at radius 3 is 2.42 bits per heavy atom. The second kappa shape index (κ2) is 8.25. The maximum atomic E-state index is 11.0. The van der Waals surface area contributed by atoms with E-state index in [9.17, 15) is 4.79 Å². The SMILES string of the molecule is C=CCCCCCC(=O)CC=C. The Balaban J connectivity index is 3.13. The van der Waals surface area contributed by atoms with Gasteiger partial charge in [-0.05, 0) is 19.3 Å². The largest absolute Gasteiger partial charge is 0.299 e. The third-order valence-corrected chi connectivity index (χ3v) is 1.74. The molecule has 1 heteroatoms. The molecule has 0 fully saturated rings. The number of rotatable bonds is 8. The minimum absolute atomic E-state index is 0.309. The summed E-state index contributed by atoms with van der Waals surface area (Å²) >= 11 is 0. The molecule has 0 rings (SSSR count). The van der Waals surface area contributed by atoms with Crippen LogP contribution in [0.5, 0.6) is 0 Å². The van der Waals surface area contributed by atoms with Crippen LogP contribution in [0.15, 0.2) is 25.3 Å². The fourth-order valence-corrected chi connectivity index (χ4v) is 1.05. The summed E-state index contributed by atoms with van der Waals surface area (Å²) in [6, 6.07) is 0. The number of ketones is 1. The molecule has 0 heterocycles. The van der Waals surface area contributed by atoms with E-state index in [2.05, 4.69) is 13.2 Å². The highest BCUT2D eigenvalue weighted by Crippen LogP contribution is 2.04. The second-order valence-corrected chi connectivity index (χ2v) is 2.92. The van der Waals surface area contributed by atoms with Crippen LogP contribution >= 0.6 is 0 Å². The number of hydrogen-bond donors (Lipinski definition) is 0. The molecule has 0 N–H and O–H groups in total. The molecule has 0 saturated heterocycles. The van der Waals surface area contributed by atoms with Gasteiger partial charge in [-0.15, -0.1) is 13.2 Å². The van der Waals surface area contributed by atoms with Crippen molar-refractivity contribution in [2.45, 2.75) is 38.5 Å². The number of unbranched alkanes of at least 4 members (excludes halogenated alkanes) is 3. The van der Waals surface area contributed by atoms with Gasteiger partial charge in [-0.3, -0.25) is 4.79 Å². The van der Waals surface area contributed by atoms with Crippen LogP contribution in [0, 0.1) is 0 Å². The van der Waals surface area contributed by atoms with E-state index in [0.717, 1.165) is 25.7 Å². The highest BCUT2D eigenvalue weighted by atomic mass is 16.1. The van der Waals surface area contributed by atoms with Gasteiger partial charge < -0.3 is 0 Å². The summed E-state index contributed by atoms with van der Waals surface area (Å²) in [7, 11) is 0. The van der Waals surface area contributed by atoms with E-state index in [1.165, 1.54) is 0 Å². The van der Waals surface area contributed by atoms with E-state index in [-0.39, 0.29) is 0 Å². The van der Waals surface area contributed by atoms with E-state index in [4.69, 9.17) is 0 Å². The number of carbonyl (C=O) groups is 1. The van der Waals surface area contributed by atoms with Crippen LogP contribution in [0.2, 0.25) is 0 Å². The van der Waals surface area contributed by atoms with E-state index in [1.807, 2.05) is 6.08 Å². The monoisotopic (exact) mass is 166 g/mol. The van der Waals surface area contributed by atoms with Gasteiger partial charge in [0.25, 0.3) is 0 Å². The van der Waals surface area contributed by atoms with Gasteiger partial charge in [0.05, 0.1) is 0 Å². The Morgan fingerprint density at radius 2 is 1.83 bits per heavy atom. The van der Waals surface area contributed by atoms with Crippen molar-refractivity contribution in [1.29, 1.82) is 0 Å². The topological polar surface area (TPSA) is 17.1 Å². The number of hydrogen-bond acceptors (Lipinski definition) is 1. The Morgan fingerprint density at radius 1 is 1.08 bits per heavy atom. The van der Waals surface area contributed by atoms with Crippen molar-refractivity contribution < 1.29 is 4.79 Å². The molecule has 0 atom stereocenters. The lowest BCUT2D eigenvalue weighted by Gasteiger charge is -1.96. The fourth-order valence-electron chi connectivity index (χ4n) is 1.05. The van der Waals surface area contributed by atoms with Crippen molar-refractivity contribution in [1.82, 2.24) is 0 Å². The predicted octanol–water partition coefficient (Wildman–Crippen LogP) is 3.27. The van der Waals surface area contributed by atoms with Crippen LogP contribution in [-0.2, 0) is 4.79 Å². The van der Waals surface area contributed by atoms with E-state index >= 15 is 0 Å². The van der Waals surface area contributed by atoms with Gasteiger partial charge in [-0.2, -0.15) is 0 Å². The third kappa shape index (κ3) is 7.26. The molecule has 0 bridgehead atoms. The Bertz CT molecular complexity index is 147. The van der Waals surface area contributed by atoms with Gasteiger partial charge in [-0.1, -0.05) is 18.6 Å². The molecule has 0 aromatic carbocycles. The first kappa shape index (κ1) is 11.2. The quantitative estimate of drug-likeness (QED) is 0.399. The predicted molar refractivity (Wildman–Crippen MR) is 53.1 cm³/mol. The Labute approximate surface area is 75.2 Å². The summed E-state index contributed by atoms with van der Waals surface area (Å²) < 4.78 is 0. The summed E-state index contributed by atoms with van der Waals surface area (Å²) in [6.07, 6.45) is 9.21. The van der Waals surface area contributed by atoms with Crippen LogP contribution in [-0.4, -0.2) is 5.78 Å². The van der Waals surface area contributed by atoms with Crippen molar-refractivity contribution >= 4 is 5.78 Å². The van der Waals surface area contributed by atoms with Crippen LogP contribution in [0.1, 0.15) is 38.5 Å². The molecule has 12 heavy (non-hydrogen) atoms. The minimum Gasteiger partial charge on any atom is -0.299 e. The third-order valence-electron chi connectivity index (χ3n) is 1.74. The van der Waals surface area contributed by atoms with Gasteiger partial charge in [0, 0.05) is 12.8 Å². The van der Waals surface area contributed by atoms with Crippen molar-refractivity contribution in [2.24, 2.45) is 0 Å². The molecule has 0 aliphatic heterocycles. The first-order valence-corrected chi connectivity index (χ1v) is 4.54. The fraction of sp³-hybridized carbons (Fsp3) is 0.545. The van der Waals surface area contributed by atoms with Crippen LogP contribution < -0.4 is 0 Å². The maximum Gasteiger partial charge on any atom is 0.136 e. The van der Waals surface area contributed by atoms with Crippen molar-refractivity contribution in [2.75, 3.05) is 0 Å². The zero-order valence-corrected chi connectivity index (χ0v) is 7.72. The highest BCUT2D eigenvalue weighted by molar-refractivity contribution is 5.79. The molecule has 0 aromatic rings. The smallest absolute Gasteiger partial charge is 0.136 e. The molecule has 68 valence electrons. The van der Waals surface area contributed by atoms with Gasteiger partial charge in [0.15, 0.2) is 0 Å². The van der Waals surface area contributed by atoms with E-state index < -0.39 is 0 Å². The number of allylic oxidation sites excluding steroid dienone is 2. The van der Waals surface area contributed by atoms with E-state index in [1.54, 1.807) is 6.08 Å². The van der Waals surface area contributed by atoms with Crippen LogP contribution in [0.4, 0.5) is 0 Å². The zero-order valence-electron chi connectivity index (χ0n) is 7.72. The number of Topliss-reactive ketones (excluding diaryl/α,β-unsaturated/α-hetero) is 1. The van der Waals surface area contributed by atoms with Gasteiger partial charge in [-0.25, -0.2) is 0 Å². The molecule has 0 unspecified atom stereocenters. The van der Waals surface area contributed by atoms with Crippen molar-refractivity contribution in [3.05, 3.63) is 25.3 Å². The van der Waals surface area contributed by atoms with Gasteiger partial charge >= 0.3 is 0 Å². The van der Waals surface area contributed by atoms with Gasteiger partial charge in [0.2, 0.25) is 0 Å². The lowest BCUT2D eigenvalue weighted by Crippen LogP contribution is -1.94. The molecule has 0 aromatic heterocycles. The van der Waals surface area contributed by atoms with Crippen LogP contribution in [0.3, 0.4) is 0 Å². The normalized spacial score (nSPS) is 9.33. The van der Waals surface area contributed by atoms with E-state index in [0.29, 0.717) is 18.6 Å². The maximum absolute atomic E-state index is 11.0. The first-order valence-electron chi connectivity index (χ1n) is 4.54. The Kier molecular flexibility index (Phi) is 7.66. The molecule has 0 saturated carbocycles. The molecule has 1 nitrogen and oxygen atoms in total.